The van der Waals surface area contributed by atoms with E-state index in [-0.39, 0.29) is 18.5 Å². The number of aliphatic hydroxyl groups excluding tert-OH is 2. The van der Waals surface area contributed by atoms with Gasteiger partial charge in [0.25, 0.3) is 0 Å². The van der Waals surface area contributed by atoms with Crippen LogP contribution in [0.4, 0.5) is 0 Å². The van der Waals surface area contributed by atoms with Crippen molar-refractivity contribution in [2.24, 2.45) is 0 Å². The van der Waals surface area contributed by atoms with E-state index in [1.54, 1.807) is 0 Å². The zero-order chi connectivity index (χ0) is 50.7. The first-order valence-electron chi connectivity index (χ1n) is 30.9. The molecule has 0 saturated heterocycles. The molecule has 0 aliphatic heterocycles. The zero-order valence-electron chi connectivity index (χ0n) is 46.7. The van der Waals surface area contributed by atoms with Crippen LogP contribution >= 0.6 is 0 Å². The topological polar surface area (TPSA) is 95.9 Å². The predicted molar refractivity (Wildman–Crippen MR) is 306 cm³/mol. The second kappa shape index (κ2) is 59.4. The number of unbranched alkanes of at least 4 members (excludes halogenated alkanes) is 38. The minimum atomic E-state index is -0.665. The Morgan fingerprint density at radius 1 is 0.400 bits per heavy atom. The van der Waals surface area contributed by atoms with E-state index in [0.29, 0.717) is 25.9 Å². The summed E-state index contributed by atoms with van der Waals surface area (Å²) in [6.07, 6.45) is 75.6. The lowest BCUT2D eigenvalue weighted by molar-refractivity contribution is -0.143. The van der Waals surface area contributed by atoms with Gasteiger partial charge in [-0.05, 0) is 89.9 Å². The molecule has 70 heavy (non-hydrogen) atoms. The van der Waals surface area contributed by atoms with Crippen molar-refractivity contribution in [2.75, 3.05) is 13.2 Å². The van der Waals surface area contributed by atoms with Crippen LogP contribution in [0, 0.1) is 0 Å². The highest BCUT2D eigenvalue weighted by atomic mass is 16.5. The highest BCUT2D eigenvalue weighted by molar-refractivity contribution is 5.76. The molecule has 0 fully saturated rings. The summed E-state index contributed by atoms with van der Waals surface area (Å²) in [7, 11) is 0. The van der Waals surface area contributed by atoms with Crippen molar-refractivity contribution in [3.8, 4) is 0 Å². The lowest BCUT2D eigenvalue weighted by Crippen LogP contribution is -2.45. The van der Waals surface area contributed by atoms with E-state index < -0.39 is 12.1 Å². The summed E-state index contributed by atoms with van der Waals surface area (Å²) in [4.78, 5) is 24.5. The molecular formula is C64H119NO5. The maximum Gasteiger partial charge on any atom is 0.305 e. The van der Waals surface area contributed by atoms with E-state index in [4.69, 9.17) is 4.74 Å². The molecule has 0 heterocycles. The highest BCUT2D eigenvalue weighted by Crippen LogP contribution is 2.17. The van der Waals surface area contributed by atoms with Crippen molar-refractivity contribution in [1.82, 2.24) is 5.32 Å². The molecular weight excluding hydrogens is 863 g/mol. The van der Waals surface area contributed by atoms with Crippen LogP contribution < -0.4 is 5.32 Å². The third-order valence-electron chi connectivity index (χ3n) is 14.1. The number of aliphatic hydroxyl groups is 2. The molecule has 1 amide bonds. The Hall–Kier alpha value is -2.18. The van der Waals surface area contributed by atoms with Crippen molar-refractivity contribution in [2.45, 2.75) is 334 Å². The lowest BCUT2D eigenvalue weighted by Gasteiger charge is -2.22. The minimum absolute atomic E-state index is 0.00325. The maximum absolute atomic E-state index is 12.4. The fraction of sp³-hybridized carbons (Fsp3) is 0.844. The fourth-order valence-electron chi connectivity index (χ4n) is 9.35. The smallest absolute Gasteiger partial charge is 0.305 e. The fourth-order valence-corrected chi connectivity index (χ4v) is 9.35. The summed E-state index contributed by atoms with van der Waals surface area (Å²) in [5, 5.41) is 23.1. The monoisotopic (exact) mass is 982 g/mol. The zero-order valence-corrected chi connectivity index (χ0v) is 46.7. The standard InChI is InChI=1S/C64H119NO5/c1-3-5-7-9-11-13-15-16-17-32-35-38-42-46-50-54-58-64(69)70-59-55-51-47-43-39-36-33-30-28-26-24-22-20-18-19-21-23-25-27-29-31-34-37-41-45-49-53-57-63(68)65-61(60-66)62(67)56-52-48-44-40-14-12-10-8-6-4-2/h13,15,17-19,22,24,32,61-62,66-67H,3-12,14,16,20-21,23,25-31,33-60H2,1-2H3,(H,65,68)/b15-13-,19-18-,24-22-,32-17-. The van der Waals surface area contributed by atoms with Crippen molar-refractivity contribution in [3.05, 3.63) is 48.6 Å². The molecule has 0 rings (SSSR count). The summed E-state index contributed by atoms with van der Waals surface area (Å²) >= 11 is 0. The molecule has 410 valence electrons. The molecule has 0 aromatic rings. The molecule has 0 aromatic carbocycles. The number of hydrogen-bond acceptors (Lipinski definition) is 5. The van der Waals surface area contributed by atoms with E-state index >= 15 is 0 Å². The first-order valence-corrected chi connectivity index (χ1v) is 30.9. The average molecular weight is 983 g/mol. The Kier molecular flexibility index (Phi) is 57.5. The van der Waals surface area contributed by atoms with Crippen LogP contribution in [0.1, 0.15) is 322 Å². The van der Waals surface area contributed by atoms with Gasteiger partial charge in [-0.3, -0.25) is 9.59 Å². The van der Waals surface area contributed by atoms with Gasteiger partial charge in [0.15, 0.2) is 0 Å². The molecule has 0 aliphatic rings. The van der Waals surface area contributed by atoms with E-state index in [1.807, 2.05) is 0 Å². The van der Waals surface area contributed by atoms with Crippen molar-refractivity contribution in [1.29, 1.82) is 0 Å². The molecule has 0 bridgehead atoms. The van der Waals surface area contributed by atoms with Gasteiger partial charge >= 0.3 is 5.97 Å². The second-order valence-corrected chi connectivity index (χ2v) is 21.0. The molecule has 0 aromatic heterocycles. The number of allylic oxidation sites excluding steroid dienone is 8. The molecule has 0 radical (unpaired) electrons. The molecule has 3 N–H and O–H groups in total. The summed E-state index contributed by atoms with van der Waals surface area (Å²) < 4.78 is 5.48. The van der Waals surface area contributed by atoms with Gasteiger partial charge in [0.2, 0.25) is 5.91 Å². The van der Waals surface area contributed by atoms with Gasteiger partial charge in [-0.1, -0.05) is 268 Å². The van der Waals surface area contributed by atoms with Crippen LogP contribution in [0.15, 0.2) is 48.6 Å². The second-order valence-electron chi connectivity index (χ2n) is 21.0. The van der Waals surface area contributed by atoms with E-state index in [1.165, 1.54) is 231 Å². The third-order valence-corrected chi connectivity index (χ3v) is 14.1. The van der Waals surface area contributed by atoms with Crippen LogP contribution in [-0.4, -0.2) is 47.4 Å². The number of nitrogens with one attached hydrogen (secondary N) is 1. The lowest BCUT2D eigenvalue weighted by atomic mass is 10.0. The number of esters is 1. The Labute approximate surface area is 436 Å². The molecule has 0 spiro atoms. The number of carbonyl (C=O) groups excluding carboxylic acids is 2. The average Bonchev–Trinajstić information content (AvgIpc) is 3.36. The van der Waals surface area contributed by atoms with Gasteiger partial charge in [0.1, 0.15) is 0 Å². The van der Waals surface area contributed by atoms with Gasteiger partial charge < -0.3 is 20.3 Å². The Balaban J connectivity index is 3.41. The van der Waals surface area contributed by atoms with Crippen LogP contribution in [0.3, 0.4) is 0 Å². The number of carbonyl (C=O) groups is 2. The normalized spacial score (nSPS) is 12.9. The van der Waals surface area contributed by atoms with E-state index in [0.717, 1.165) is 57.8 Å². The van der Waals surface area contributed by atoms with Crippen LogP contribution in [0.5, 0.6) is 0 Å². The first kappa shape index (κ1) is 67.8. The molecule has 0 aliphatic carbocycles. The number of rotatable bonds is 57. The third kappa shape index (κ3) is 55.1. The maximum atomic E-state index is 12.4. The molecule has 6 nitrogen and oxygen atoms in total. The largest absolute Gasteiger partial charge is 0.466 e. The van der Waals surface area contributed by atoms with Crippen LogP contribution in [0.2, 0.25) is 0 Å². The quantitative estimate of drug-likeness (QED) is 0.0321. The van der Waals surface area contributed by atoms with Gasteiger partial charge in [0, 0.05) is 12.8 Å². The predicted octanol–water partition coefficient (Wildman–Crippen LogP) is 19.4. The first-order chi connectivity index (χ1) is 34.5. The summed E-state index contributed by atoms with van der Waals surface area (Å²) in [5.41, 5.74) is 0. The number of hydrogen-bond donors (Lipinski definition) is 3. The van der Waals surface area contributed by atoms with Crippen LogP contribution in [0.25, 0.3) is 0 Å². The highest BCUT2D eigenvalue weighted by Gasteiger charge is 2.20. The van der Waals surface area contributed by atoms with Gasteiger partial charge in [-0.2, -0.15) is 0 Å². The van der Waals surface area contributed by atoms with Gasteiger partial charge in [0.05, 0.1) is 25.4 Å². The Bertz CT molecular complexity index is 1180. The molecule has 0 saturated carbocycles. The van der Waals surface area contributed by atoms with E-state index in [2.05, 4.69) is 67.8 Å². The number of amides is 1. The Morgan fingerprint density at radius 3 is 1.10 bits per heavy atom. The molecule has 6 heteroatoms. The SMILES string of the molecule is CCCCCC/C=C\C/C=C\CCCCCCCC(=O)OCCCCCCCCCCC/C=C\C/C=C\CCCCCCCCCCCCCC(=O)NC(CO)C(O)CCCCCCCCCCCC. The van der Waals surface area contributed by atoms with Crippen molar-refractivity contribution < 1.29 is 24.5 Å². The summed E-state index contributed by atoms with van der Waals surface area (Å²) in [5.74, 6) is -0.0432. The minimum Gasteiger partial charge on any atom is -0.466 e. The van der Waals surface area contributed by atoms with Crippen molar-refractivity contribution >= 4 is 11.9 Å². The molecule has 2 atom stereocenters. The summed E-state index contributed by atoms with van der Waals surface area (Å²) in [6.45, 7) is 4.91. The van der Waals surface area contributed by atoms with Crippen LogP contribution in [-0.2, 0) is 14.3 Å². The van der Waals surface area contributed by atoms with Crippen molar-refractivity contribution in [3.63, 3.8) is 0 Å². The molecule has 2 unspecified atom stereocenters. The van der Waals surface area contributed by atoms with Gasteiger partial charge in [-0.25, -0.2) is 0 Å². The van der Waals surface area contributed by atoms with Gasteiger partial charge in [-0.15, -0.1) is 0 Å². The summed E-state index contributed by atoms with van der Waals surface area (Å²) in [6, 6.07) is -0.543. The number of ether oxygens (including phenoxy) is 1. The van der Waals surface area contributed by atoms with E-state index in [9.17, 15) is 19.8 Å². The Morgan fingerprint density at radius 2 is 0.714 bits per heavy atom.